The minimum Gasteiger partial charge on any atom is -0.305 e. The minimum atomic E-state index is -0.750. The Bertz CT molecular complexity index is 734. The number of carbonyl (C=O) groups is 1. The van der Waals surface area contributed by atoms with Crippen LogP contribution in [0.15, 0.2) is 60.7 Å². The zero-order chi connectivity index (χ0) is 13.2. The Hall–Kier alpha value is -2.62. The average Bonchev–Trinajstić information content (AvgIpc) is 2.86. The first kappa shape index (κ1) is 11.5. The number of hydrogen-bond donors (Lipinski definition) is 1. The molecule has 0 saturated heterocycles. The maximum absolute atomic E-state index is 12.5. The molecule has 0 aliphatic carbocycles. The van der Waals surface area contributed by atoms with Crippen molar-refractivity contribution in [1.82, 2.24) is 10.1 Å². The summed E-state index contributed by atoms with van der Waals surface area (Å²) in [5, 5.41) is 0.893. The van der Waals surface area contributed by atoms with E-state index in [1.807, 2.05) is 54.6 Å². The topological polar surface area (TPSA) is 34.0 Å². The van der Waals surface area contributed by atoms with Gasteiger partial charge in [-0.15, -0.1) is 0 Å². The second-order valence-electron chi connectivity index (χ2n) is 4.18. The van der Waals surface area contributed by atoms with Crippen LogP contribution in [0.2, 0.25) is 0 Å². The van der Waals surface area contributed by atoms with Crippen molar-refractivity contribution in [2.45, 2.75) is 0 Å². The molecule has 4 heteroatoms. The number of amides is 1. The van der Waals surface area contributed by atoms with E-state index in [2.05, 4.69) is 0 Å². The van der Waals surface area contributed by atoms with E-state index in [9.17, 15) is 9.28 Å². The molecule has 1 N–H and O–H groups in total. The van der Waals surface area contributed by atoms with Crippen molar-refractivity contribution >= 4 is 16.8 Å². The van der Waals surface area contributed by atoms with Crippen molar-refractivity contribution in [3.63, 3.8) is 0 Å². The number of nitrogens with zero attached hydrogens (tertiary/aromatic N) is 1. The van der Waals surface area contributed by atoms with Crippen LogP contribution in [0, 0.1) is 0 Å². The normalized spacial score (nSPS) is 10.6. The smallest absolute Gasteiger partial charge is 0.295 e. The molecule has 1 amide bonds. The third-order valence-electron chi connectivity index (χ3n) is 3.04. The third kappa shape index (κ3) is 1.87. The van der Waals surface area contributed by atoms with Crippen molar-refractivity contribution in [2.24, 2.45) is 0 Å². The van der Waals surface area contributed by atoms with Crippen molar-refractivity contribution in [3.05, 3.63) is 66.4 Å². The number of rotatable bonds is 2. The Morgan fingerprint density at radius 2 is 1.68 bits per heavy atom. The van der Waals surface area contributed by atoms with Gasteiger partial charge in [0, 0.05) is 11.1 Å². The molecule has 0 atom stereocenters. The summed E-state index contributed by atoms with van der Waals surface area (Å²) in [6.45, 7) is 0. The molecule has 19 heavy (non-hydrogen) atoms. The standard InChI is InChI=1S/C15H11FN2O/c16-17-15(19)14-10-11-6-4-5-9-13(11)18(14)12-7-2-1-3-8-12/h1-10H,(H,17,19). The van der Waals surface area contributed by atoms with Gasteiger partial charge >= 0.3 is 0 Å². The highest BCUT2D eigenvalue weighted by Crippen LogP contribution is 2.24. The first-order valence-electron chi connectivity index (χ1n) is 5.88. The van der Waals surface area contributed by atoms with Gasteiger partial charge in [-0.1, -0.05) is 40.9 Å². The van der Waals surface area contributed by atoms with Gasteiger partial charge in [0.1, 0.15) is 5.69 Å². The molecule has 3 nitrogen and oxygen atoms in total. The van der Waals surface area contributed by atoms with Crippen molar-refractivity contribution in [2.75, 3.05) is 0 Å². The highest BCUT2D eigenvalue weighted by atomic mass is 19.2. The van der Waals surface area contributed by atoms with Gasteiger partial charge in [0.25, 0.3) is 5.91 Å². The van der Waals surface area contributed by atoms with Crippen LogP contribution in [0.25, 0.3) is 16.6 Å². The number of para-hydroxylation sites is 2. The zero-order valence-corrected chi connectivity index (χ0v) is 10.0. The fourth-order valence-corrected chi connectivity index (χ4v) is 2.23. The van der Waals surface area contributed by atoms with E-state index in [4.69, 9.17) is 0 Å². The molecule has 0 unspecified atom stereocenters. The van der Waals surface area contributed by atoms with E-state index in [1.54, 1.807) is 10.6 Å². The van der Waals surface area contributed by atoms with Gasteiger partial charge in [-0.05, 0) is 24.3 Å². The Labute approximate surface area is 109 Å². The Kier molecular flexibility index (Phi) is 2.76. The van der Waals surface area contributed by atoms with Gasteiger partial charge in [0.2, 0.25) is 0 Å². The molecule has 3 aromatic rings. The summed E-state index contributed by atoms with van der Waals surface area (Å²) in [6.07, 6.45) is 0. The molecular formula is C15H11FN2O. The Balaban J connectivity index is 2.34. The van der Waals surface area contributed by atoms with E-state index in [-0.39, 0.29) is 5.69 Å². The van der Waals surface area contributed by atoms with Crippen LogP contribution >= 0.6 is 0 Å². The molecule has 3 rings (SSSR count). The fourth-order valence-electron chi connectivity index (χ4n) is 2.23. The highest BCUT2D eigenvalue weighted by Gasteiger charge is 2.16. The lowest BCUT2D eigenvalue weighted by Crippen LogP contribution is -2.17. The summed E-state index contributed by atoms with van der Waals surface area (Å²) < 4.78 is 14.2. The van der Waals surface area contributed by atoms with Gasteiger partial charge in [-0.2, -0.15) is 5.54 Å². The maximum atomic E-state index is 12.5. The number of nitrogens with one attached hydrogen (secondary N) is 1. The Morgan fingerprint density at radius 1 is 1.00 bits per heavy atom. The fraction of sp³-hybridized carbons (Fsp3) is 0. The van der Waals surface area contributed by atoms with Crippen LogP contribution in [0.1, 0.15) is 10.5 Å². The quantitative estimate of drug-likeness (QED) is 0.700. The average molecular weight is 254 g/mol. The lowest BCUT2D eigenvalue weighted by atomic mass is 10.2. The molecule has 0 bridgehead atoms. The van der Waals surface area contributed by atoms with Crippen LogP contribution in [0.4, 0.5) is 4.48 Å². The molecule has 0 saturated carbocycles. The number of hydrogen-bond acceptors (Lipinski definition) is 1. The van der Waals surface area contributed by atoms with E-state index in [1.165, 1.54) is 5.54 Å². The molecule has 0 spiro atoms. The molecule has 94 valence electrons. The van der Waals surface area contributed by atoms with Crippen LogP contribution < -0.4 is 5.54 Å². The number of halogens is 1. The highest BCUT2D eigenvalue weighted by molar-refractivity contribution is 5.99. The molecule has 0 radical (unpaired) electrons. The first-order valence-corrected chi connectivity index (χ1v) is 5.88. The van der Waals surface area contributed by atoms with E-state index in [0.717, 1.165) is 16.6 Å². The predicted molar refractivity (Wildman–Crippen MR) is 71.8 cm³/mol. The monoisotopic (exact) mass is 254 g/mol. The predicted octanol–water partition coefficient (Wildman–Crippen LogP) is 3.24. The molecular weight excluding hydrogens is 243 g/mol. The minimum absolute atomic E-state index is 0.273. The molecule has 0 aliphatic rings. The van der Waals surface area contributed by atoms with Gasteiger partial charge in [-0.3, -0.25) is 4.79 Å². The van der Waals surface area contributed by atoms with Gasteiger partial charge < -0.3 is 4.57 Å². The summed E-state index contributed by atoms with van der Waals surface area (Å²) in [5.41, 5.74) is 3.16. The number of carbonyl (C=O) groups excluding carboxylic acids is 1. The summed E-state index contributed by atoms with van der Waals surface area (Å²) in [6, 6.07) is 18.6. The lowest BCUT2D eigenvalue weighted by Gasteiger charge is -2.08. The van der Waals surface area contributed by atoms with Gasteiger partial charge in [-0.25, -0.2) is 0 Å². The van der Waals surface area contributed by atoms with E-state index >= 15 is 0 Å². The Morgan fingerprint density at radius 3 is 2.42 bits per heavy atom. The van der Waals surface area contributed by atoms with E-state index < -0.39 is 5.91 Å². The molecule has 0 fully saturated rings. The third-order valence-corrected chi connectivity index (χ3v) is 3.04. The van der Waals surface area contributed by atoms with E-state index in [0.29, 0.717) is 0 Å². The van der Waals surface area contributed by atoms with Crippen molar-refractivity contribution in [1.29, 1.82) is 0 Å². The first-order chi connectivity index (χ1) is 9.31. The van der Waals surface area contributed by atoms with Crippen molar-refractivity contribution < 1.29 is 9.28 Å². The zero-order valence-electron chi connectivity index (χ0n) is 10.0. The van der Waals surface area contributed by atoms with Crippen LogP contribution in [-0.4, -0.2) is 10.5 Å². The van der Waals surface area contributed by atoms with Crippen LogP contribution in [0.5, 0.6) is 0 Å². The second-order valence-corrected chi connectivity index (χ2v) is 4.18. The SMILES string of the molecule is O=C(NF)c1cc2ccccc2n1-c1ccccc1. The maximum Gasteiger partial charge on any atom is 0.295 e. The van der Waals surface area contributed by atoms with Crippen LogP contribution in [-0.2, 0) is 0 Å². The molecule has 0 aliphatic heterocycles. The summed E-state index contributed by atoms with van der Waals surface area (Å²) in [5.74, 6) is -0.750. The van der Waals surface area contributed by atoms with Crippen LogP contribution in [0.3, 0.4) is 0 Å². The second kappa shape index (κ2) is 4.57. The molecule has 1 heterocycles. The number of benzene rings is 2. The van der Waals surface area contributed by atoms with Crippen molar-refractivity contribution in [3.8, 4) is 5.69 Å². The molecule has 1 aromatic heterocycles. The summed E-state index contributed by atoms with van der Waals surface area (Å²) in [7, 11) is 0. The number of fused-ring (bicyclic) bond motifs is 1. The lowest BCUT2D eigenvalue weighted by molar-refractivity contribution is 0.0852. The summed E-state index contributed by atoms with van der Waals surface area (Å²) >= 11 is 0. The van der Waals surface area contributed by atoms with Gasteiger partial charge in [0.05, 0.1) is 5.52 Å². The molecule has 2 aromatic carbocycles. The summed E-state index contributed by atoms with van der Waals surface area (Å²) in [4.78, 5) is 11.7. The largest absolute Gasteiger partial charge is 0.305 e. The van der Waals surface area contributed by atoms with Gasteiger partial charge in [0.15, 0.2) is 0 Å². The number of aromatic nitrogens is 1.